The van der Waals surface area contributed by atoms with Gasteiger partial charge in [-0.15, -0.1) is 0 Å². The van der Waals surface area contributed by atoms with Gasteiger partial charge < -0.3 is 19.7 Å². The molecule has 0 aromatic heterocycles. The Balaban J connectivity index is 1.51. The van der Waals surface area contributed by atoms with Crippen LogP contribution < -0.4 is 15.0 Å². The van der Waals surface area contributed by atoms with Crippen LogP contribution in [0.15, 0.2) is 42.5 Å². The van der Waals surface area contributed by atoms with Gasteiger partial charge in [0.1, 0.15) is 5.75 Å². The fourth-order valence-corrected chi connectivity index (χ4v) is 3.51. The number of hydrogen-bond acceptors (Lipinski definition) is 5. The van der Waals surface area contributed by atoms with Crippen LogP contribution in [0.5, 0.6) is 5.75 Å². The molecule has 1 saturated heterocycles. The quantitative estimate of drug-likeness (QED) is 0.716. The number of methoxy groups -OCH3 is 1. The Kier molecular flexibility index (Phi) is 5.69. The van der Waals surface area contributed by atoms with E-state index in [1.54, 1.807) is 24.3 Å². The highest BCUT2D eigenvalue weighted by Crippen LogP contribution is 2.31. The normalized spacial score (nSPS) is 15.8. The van der Waals surface area contributed by atoms with Crippen LogP contribution in [0.2, 0.25) is 0 Å². The molecule has 2 aliphatic rings. The molecule has 0 bridgehead atoms. The summed E-state index contributed by atoms with van der Waals surface area (Å²) in [6, 6.07) is 12.5. The zero-order valence-electron chi connectivity index (χ0n) is 16.6. The van der Waals surface area contributed by atoms with E-state index in [1.807, 2.05) is 18.2 Å². The highest BCUT2D eigenvalue weighted by atomic mass is 16.5. The number of hydrogen-bond donors (Lipinski definition) is 1. The van der Waals surface area contributed by atoms with E-state index in [2.05, 4.69) is 10.2 Å². The molecule has 29 heavy (non-hydrogen) atoms. The van der Waals surface area contributed by atoms with Crippen LogP contribution in [0.1, 0.15) is 46.4 Å². The van der Waals surface area contributed by atoms with Crippen molar-refractivity contribution in [2.24, 2.45) is 5.92 Å². The first-order valence-corrected chi connectivity index (χ1v) is 10.2. The van der Waals surface area contributed by atoms with E-state index in [1.165, 1.54) is 20.0 Å². The topological polar surface area (TPSA) is 67.9 Å². The monoisotopic (exact) mass is 394 g/mol. The van der Waals surface area contributed by atoms with Crippen molar-refractivity contribution in [3.8, 4) is 5.75 Å². The summed E-state index contributed by atoms with van der Waals surface area (Å²) in [7, 11) is 1.35. The number of ether oxygens (including phenoxy) is 2. The molecule has 1 saturated carbocycles. The van der Waals surface area contributed by atoms with Crippen LogP contribution in [0.25, 0.3) is 0 Å². The smallest absolute Gasteiger partial charge is 0.337 e. The molecule has 4 rings (SSSR count). The Morgan fingerprint density at radius 2 is 1.72 bits per heavy atom. The van der Waals surface area contributed by atoms with Crippen molar-refractivity contribution in [1.29, 1.82) is 0 Å². The molecule has 1 amide bonds. The average molecular weight is 394 g/mol. The first-order valence-electron chi connectivity index (χ1n) is 10.2. The highest BCUT2D eigenvalue weighted by molar-refractivity contribution is 6.07. The number of nitrogens with zero attached hydrogens (tertiary/aromatic N) is 1. The molecule has 2 fully saturated rings. The maximum atomic E-state index is 12.8. The minimum absolute atomic E-state index is 0.221. The van der Waals surface area contributed by atoms with Crippen molar-refractivity contribution >= 4 is 23.3 Å². The Bertz CT molecular complexity index is 884. The number of esters is 1. The van der Waals surface area contributed by atoms with Gasteiger partial charge in [0, 0.05) is 18.7 Å². The van der Waals surface area contributed by atoms with Gasteiger partial charge in [-0.3, -0.25) is 4.79 Å². The molecule has 0 atom stereocenters. The van der Waals surface area contributed by atoms with Crippen molar-refractivity contribution in [1.82, 2.24) is 0 Å². The van der Waals surface area contributed by atoms with E-state index in [-0.39, 0.29) is 5.91 Å². The first kappa shape index (κ1) is 19.3. The van der Waals surface area contributed by atoms with E-state index >= 15 is 0 Å². The first-order chi connectivity index (χ1) is 14.1. The van der Waals surface area contributed by atoms with Gasteiger partial charge in [-0.1, -0.05) is 0 Å². The number of benzene rings is 2. The molecule has 6 heteroatoms. The minimum Gasteiger partial charge on any atom is -0.493 e. The lowest BCUT2D eigenvalue weighted by atomic mass is 10.1. The molecule has 1 aliphatic heterocycles. The number of amides is 1. The van der Waals surface area contributed by atoms with E-state index in [4.69, 9.17) is 9.47 Å². The van der Waals surface area contributed by atoms with Gasteiger partial charge in [0.25, 0.3) is 5.91 Å². The van der Waals surface area contributed by atoms with Gasteiger partial charge in [0.05, 0.1) is 30.7 Å². The third-order valence-electron chi connectivity index (χ3n) is 5.41. The molecule has 0 unspecified atom stereocenters. The zero-order chi connectivity index (χ0) is 20.2. The molecular weight excluding hydrogens is 368 g/mol. The zero-order valence-corrected chi connectivity index (χ0v) is 16.6. The fraction of sp³-hybridized carbons (Fsp3) is 0.391. The lowest BCUT2D eigenvalue weighted by Gasteiger charge is -2.22. The summed E-state index contributed by atoms with van der Waals surface area (Å²) in [6.07, 6.45) is 4.72. The molecule has 2 aromatic rings. The van der Waals surface area contributed by atoms with Gasteiger partial charge in [-0.2, -0.15) is 0 Å². The van der Waals surface area contributed by atoms with Crippen molar-refractivity contribution in [3.63, 3.8) is 0 Å². The maximum Gasteiger partial charge on any atom is 0.337 e. The summed E-state index contributed by atoms with van der Waals surface area (Å²) >= 11 is 0. The van der Waals surface area contributed by atoms with Crippen LogP contribution in [0, 0.1) is 5.92 Å². The van der Waals surface area contributed by atoms with Crippen LogP contribution in [-0.2, 0) is 4.74 Å². The van der Waals surface area contributed by atoms with Crippen molar-refractivity contribution in [2.75, 3.05) is 37.0 Å². The summed E-state index contributed by atoms with van der Waals surface area (Å²) in [5.74, 6) is 0.815. The second-order valence-corrected chi connectivity index (χ2v) is 7.65. The number of carbonyl (C=O) groups is 2. The number of carbonyl (C=O) groups excluding carboxylic acids is 2. The summed E-state index contributed by atoms with van der Waals surface area (Å²) in [5.41, 5.74) is 2.50. The van der Waals surface area contributed by atoms with Gasteiger partial charge >= 0.3 is 5.97 Å². The molecule has 1 heterocycles. The number of rotatable bonds is 7. The Hall–Kier alpha value is -3.02. The van der Waals surface area contributed by atoms with Gasteiger partial charge in [0.15, 0.2) is 0 Å². The van der Waals surface area contributed by atoms with Gasteiger partial charge in [-0.05, 0) is 74.1 Å². The molecule has 1 aliphatic carbocycles. The Labute approximate surface area is 170 Å². The predicted molar refractivity (Wildman–Crippen MR) is 112 cm³/mol. The Morgan fingerprint density at radius 3 is 2.38 bits per heavy atom. The highest BCUT2D eigenvalue weighted by Gasteiger charge is 2.22. The van der Waals surface area contributed by atoms with Gasteiger partial charge in [-0.25, -0.2) is 4.79 Å². The van der Waals surface area contributed by atoms with Crippen LogP contribution in [-0.4, -0.2) is 38.7 Å². The predicted octanol–water partition coefficient (Wildman–Crippen LogP) is 4.11. The third kappa shape index (κ3) is 4.70. The van der Waals surface area contributed by atoms with Crippen LogP contribution in [0.4, 0.5) is 11.4 Å². The molecule has 0 spiro atoms. The lowest BCUT2D eigenvalue weighted by Crippen LogP contribution is -2.21. The molecular formula is C23H26N2O4. The number of nitrogens with one attached hydrogen (secondary N) is 1. The summed E-state index contributed by atoms with van der Waals surface area (Å²) in [4.78, 5) is 27.0. The van der Waals surface area contributed by atoms with Crippen LogP contribution in [0.3, 0.4) is 0 Å². The van der Waals surface area contributed by atoms with E-state index in [0.29, 0.717) is 22.7 Å². The third-order valence-corrected chi connectivity index (χ3v) is 5.41. The average Bonchev–Trinajstić information content (AvgIpc) is 3.43. The van der Waals surface area contributed by atoms with Crippen molar-refractivity contribution in [3.05, 3.63) is 53.6 Å². The van der Waals surface area contributed by atoms with E-state index < -0.39 is 5.97 Å². The van der Waals surface area contributed by atoms with Crippen molar-refractivity contribution < 1.29 is 19.1 Å². The number of anilines is 2. The minimum atomic E-state index is -0.425. The largest absolute Gasteiger partial charge is 0.493 e. The lowest BCUT2D eigenvalue weighted by molar-refractivity contribution is 0.0600. The van der Waals surface area contributed by atoms with Crippen LogP contribution >= 0.6 is 0 Å². The van der Waals surface area contributed by atoms with Crippen molar-refractivity contribution in [2.45, 2.75) is 25.7 Å². The van der Waals surface area contributed by atoms with E-state index in [9.17, 15) is 9.59 Å². The van der Waals surface area contributed by atoms with Gasteiger partial charge in [0.2, 0.25) is 0 Å². The molecule has 1 N–H and O–H groups in total. The standard InChI is InChI=1S/C23H26N2O4/c1-28-23(27)18-8-11-21(25-12-2-3-13-25)20(14-18)24-22(26)17-6-9-19(10-7-17)29-15-16-4-5-16/h6-11,14,16H,2-5,12-13,15H2,1H3,(H,24,26). The fourth-order valence-electron chi connectivity index (χ4n) is 3.51. The SMILES string of the molecule is COC(=O)c1ccc(N2CCCC2)c(NC(=O)c2ccc(OCC3CC3)cc2)c1. The summed E-state index contributed by atoms with van der Waals surface area (Å²) in [6.45, 7) is 2.62. The second kappa shape index (κ2) is 8.55. The van der Waals surface area contributed by atoms with E-state index in [0.717, 1.165) is 44.0 Å². The summed E-state index contributed by atoms with van der Waals surface area (Å²) in [5, 5.41) is 2.97. The summed E-state index contributed by atoms with van der Waals surface area (Å²) < 4.78 is 10.6. The molecule has 0 radical (unpaired) electrons. The Morgan fingerprint density at radius 1 is 1.03 bits per heavy atom. The second-order valence-electron chi connectivity index (χ2n) is 7.65. The molecule has 6 nitrogen and oxygen atoms in total. The molecule has 2 aromatic carbocycles. The maximum absolute atomic E-state index is 12.8. The molecule has 152 valence electrons.